The minimum Gasteiger partial charge on any atom is -0.0853 e. The number of hydrogen-bond donors (Lipinski definition) is 0. The van der Waals surface area contributed by atoms with E-state index in [1.165, 1.54) is 44.9 Å². The van der Waals surface area contributed by atoms with Gasteiger partial charge < -0.3 is 0 Å². The van der Waals surface area contributed by atoms with Gasteiger partial charge in [-0.15, -0.1) is 0 Å². The first-order valence-corrected chi connectivity index (χ1v) is 8.70. The lowest BCUT2D eigenvalue weighted by Gasteiger charge is -2.40. The summed E-state index contributed by atoms with van der Waals surface area (Å²) in [6, 6.07) is 0. The summed E-state index contributed by atoms with van der Waals surface area (Å²) in [5.74, 6) is 2.70. The van der Waals surface area contributed by atoms with Gasteiger partial charge in [0, 0.05) is 0 Å². The molecule has 2 aliphatic rings. The van der Waals surface area contributed by atoms with Crippen LogP contribution in [0, 0.1) is 23.2 Å². The maximum absolute atomic E-state index is 2.52. The van der Waals surface area contributed by atoms with E-state index in [1.807, 2.05) is 0 Å². The summed E-state index contributed by atoms with van der Waals surface area (Å²) >= 11 is 0. The van der Waals surface area contributed by atoms with Gasteiger partial charge in [0.2, 0.25) is 0 Å². The Balaban J connectivity index is 1.90. The fourth-order valence-electron chi connectivity index (χ4n) is 4.34. The summed E-state index contributed by atoms with van der Waals surface area (Å²) in [7, 11) is 0. The van der Waals surface area contributed by atoms with Gasteiger partial charge >= 0.3 is 0 Å². The van der Waals surface area contributed by atoms with Crippen molar-refractivity contribution < 1.29 is 0 Å². The third kappa shape index (κ3) is 3.99. The lowest BCUT2D eigenvalue weighted by atomic mass is 9.65. The van der Waals surface area contributed by atoms with Gasteiger partial charge in [0.1, 0.15) is 0 Å². The minimum absolute atomic E-state index is 0.507. The van der Waals surface area contributed by atoms with E-state index >= 15 is 0 Å². The number of allylic oxidation sites excluding steroid dienone is 4. The van der Waals surface area contributed by atoms with E-state index in [-0.39, 0.29) is 0 Å². The summed E-state index contributed by atoms with van der Waals surface area (Å²) < 4.78 is 0. The molecule has 2 aliphatic carbocycles. The van der Waals surface area contributed by atoms with Gasteiger partial charge in [0.15, 0.2) is 0 Å². The van der Waals surface area contributed by atoms with Crippen LogP contribution in [0.2, 0.25) is 0 Å². The molecule has 0 bridgehead atoms. The highest BCUT2D eigenvalue weighted by molar-refractivity contribution is 5.06. The summed E-state index contributed by atoms with van der Waals surface area (Å²) in [5, 5.41) is 0. The second-order valence-electron chi connectivity index (χ2n) is 8.28. The molecule has 2 rings (SSSR count). The van der Waals surface area contributed by atoms with Crippen LogP contribution in [0.1, 0.15) is 79.6 Å². The SMILES string of the molecule is CC1=CCC(C(C)CC(C)(C)C2CC=C(C)CC2)CC1. The third-order valence-electron chi connectivity index (χ3n) is 6.07. The van der Waals surface area contributed by atoms with E-state index in [2.05, 4.69) is 46.8 Å². The fraction of sp³-hybridized carbons (Fsp3) is 0.800. The predicted octanol–water partition coefficient (Wildman–Crippen LogP) is 6.53. The Morgan fingerprint density at radius 2 is 1.65 bits per heavy atom. The quantitative estimate of drug-likeness (QED) is 0.511. The van der Waals surface area contributed by atoms with Crippen molar-refractivity contribution in [2.24, 2.45) is 23.2 Å². The van der Waals surface area contributed by atoms with Crippen molar-refractivity contribution in [2.75, 3.05) is 0 Å². The zero-order chi connectivity index (χ0) is 14.8. The second-order valence-corrected chi connectivity index (χ2v) is 8.28. The molecule has 0 aliphatic heterocycles. The second kappa shape index (κ2) is 6.50. The van der Waals surface area contributed by atoms with E-state index < -0.39 is 0 Å². The van der Waals surface area contributed by atoms with Crippen molar-refractivity contribution in [1.82, 2.24) is 0 Å². The van der Waals surface area contributed by atoms with Crippen LogP contribution >= 0.6 is 0 Å². The van der Waals surface area contributed by atoms with Gasteiger partial charge in [-0.1, -0.05) is 44.1 Å². The zero-order valence-electron chi connectivity index (χ0n) is 14.3. The average Bonchev–Trinajstić information content (AvgIpc) is 2.39. The summed E-state index contributed by atoms with van der Waals surface area (Å²) in [6.07, 6.45) is 14.5. The first-order valence-electron chi connectivity index (χ1n) is 8.70. The first-order chi connectivity index (χ1) is 9.38. The van der Waals surface area contributed by atoms with Gasteiger partial charge in [0.05, 0.1) is 0 Å². The van der Waals surface area contributed by atoms with Crippen LogP contribution in [0.25, 0.3) is 0 Å². The lowest BCUT2D eigenvalue weighted by molar-refractivity contribution is 0.127. The topological polar surface area (TPSA) is 0 Å². The van der Waals surface area contributed by atoms with Crippen LogP contribution < -0.4 is 0 Å². The Labute approximate surface area is 126 Å². The number of hydrogen-bond acceptors (Lipinski definition) is 0. The first kappa shape index (κ1) is 15.9. The van der Waals surface area contributed by atoms with Crippen molar-refractivity contribution in [3.63, 3.8) is 0 Å². The van der Waals surface area contributed by atoms with Crippen molar-refractivity contribution in [1.29, 1.82) is 0 Å². The molecule has 0 heteroatoms. The van der Waals surface area contributed by atoms with Crippen LogP contribution in [-0.2, 0) is 0 Å². The average molecular weight is 274 g/mol. The molecule has 114 valence electrons. The van der Waals surface area contributed by atoms with Crippen molar-refractivity contribution >= 4 is 0 Å². The molecule has 0 radical (unpaired) electrons. The highest BCUT2D eigenvalue weighted by Gasteiger charge is 2.33. The molecule has 3 atom stereocenters. The normalized spacial score (nSPS) is 29.6. The molecule has 0 nitrogen and oxygen atoms in total. The molecule has 0 saturated heterocycles. The van der Waals surface area contributed by atoms with Crippen LogP contribution in [0.15, 0.2) is 23.3 Å². The van der Waals surface area contributed by atoms with E-state index in [4.69, 9.17) is 0 Å². The fourth-order valence-corrected chi connectivity index (χ4v) is 4.34. The van der Waals surface area contributed by atoms with Crippen LogP contribution in [-0.4, -0.2) is 0 Å². The maximum atomic E-state index is 2.52. The van der Waals surface area contributed by atoms with Crippen molar-refractivity contribution in [3.8, 4) is 0 Å². The Bertz CT molecular complexity index is 383. The maximum Gasteiger partial charge on any atom is -0.0314 e. The van der Waals surface area contributed by atoms with Crippen LogP contribution in [0.4, 0.5) is 0 Å². The van der Waals surface area contributed by atoms with Gasteiger partial charge in [0.25, 0.3) is 0 Å². The molecule has 0 saturated carbocycles. The molecule has 0 fully saturated rings. The molecule has 0 heterocycles. The smallest absolute Gasteiger partial charge is 0.0314 e. The predicted molar refractivity (Wildman–Crippen MR) is 89.8 cm³/mol. The Morgan fingerprint density at radius 3 is 2.15 bits per heavy atom. The van der Waals surface area contributed by atoms with Gasteiger partial charge in [-0.05, 0) is 82.0 Å². The monoisotopic (exact) mass is 274 g/mol. The molecule has 0 spiro atoms. The van der Waals surface area contributed by atoms with Crippen molar-refractivity contribution in [3.05, 3.63) is 23.3 Å². The van der Waals surface area contributed by atoms with Gasteiger partial charge in [-0.3, -0.25) is 0 Å². The van der Waals surface area contributed by atoms with E-state index in [0.717, 1.165) is 17.8 Å². The Morgan fingerprint density at radius 1 is 1.05 bits per heavy atom. The third-order valence-corrected chi connectivity index (χ3v) is 6.07. The molecule has 0 aromatic rings. The van der Waals surface area contributed by atoms with Crippen LogP contribution in [0.5, 0.6) is 0 Å². The van der Waals surface area contributed by atoms with Gasteiger partial charge in [-0.2, -0.15) is 0 Å². The van der Waals surface area contributed by atoms with Crippen LogP contribution in [0.3, 0.4) is 0 Å². The molecular weight excluding hydrogens is 240 g/mol. The summed E-state index contributed by atoms with van der Waals surface area (Å²) in [6.45, 7) is 12.1. The van der Waals surface area contributed by atoms with E-state index in [0.29, 0.717) is 5.41 Å². The number of rotatable bonds is 4. The molecule has 20 heavy (non-hydrogen) atoms. The highest BCUT2D eigenvalue weighted by atomic mass is 14.4. The molecule has 0 aromatic carbocycles. The van der Waals surface area contributed by atoms with E-state index in [9.17, 15) is 0 Å². The van der Waals surface area contributed by atoms with Crippen molar-refractivity contribution in [2.45, 2.75) is 79.6 Å². The largest absolute Gasteiger partial charge is 0.0853 e. The molecule has 0 aromatic heterocycles. The molecule has 0 N–H and O–H groups in total. The van der Waals surface area contributed by atoms with Gasteiger partial charge in [-0.25, -0.2) is 0 Å². The summed E-state index contributed by atoms with van der Waals surface area (Å²) in [4.78, 5) is 0. The molecular formula is C20H34. The molecule has 0 amide bonds. The minimum atomic E-state index is 0.507. The van der Waals surface area contributed by atoms with E-state index in [1.54, 1.807) is 11.1 Å². The standard InChI is InChI=1S/C20H34/c1-15-6-10-18(11-7-15)17(3)14-20(4,5)19-12-8-16(2)9-13-19/h6,8,17-19H,7,9-14H2,1-5H3. The Hall–Kier alpha value is -0.520. The highest BCUT2D eigenvalue weighted by Crippen LogP contribution is 2.44. The zero-order valence-corrected chi connectivity index (χ0v) is 14.3. The lowest BCUT2D eigenvalue weighted by Crippen LogP contribution is -2.30. The summed E-state index contributed by atoms with van der Waals surface area (Å²) in [5.41, 5.74) is 3.73. The Kier molecular flexibility index (Phi) is 5.15. The molecule has 3 unspecified atom stereocenters.